The normalized spacial score (nSPS) is 12.1. The van der Waals surface area contributed by atoms with Crippen LogP contribution < -0.4 is 14.4 Å². The molecule has 1 N–H and O–H groups in total. The molecule has 0 bridgehead atoms. The Morgan fingerprint density at radius 3 is 2.05 bits per heavy atom. The van der Waals surface area contributed by atoms with E-state index in [1.54, 1.807) is 67.6 Å². The molecule has 2 amide bonds. The molecule has 3 rings (SSSR count). The summed E-state index contributed by atoms with van der Waals surface area (Å²) in [5.74, 6) is -0.454. The lowest BCUT2D eigenvalue weighted by atomic mass is 10.1. The number of halogens is 2. The van der Waals surface area contributed by atoms with Gasteiger partial charge < -0.3 is 15.0 Å². The largest absolute Gasteiger partial charge is 0.494 e. The zero-order chi connectivity index (χ0) is 29.4. The summed E-state index contributed by atoms with van der Waals surface area (Å²) < 4.78 is 34.2. The number of nitrogens with one attached hydrogen (secondary N) is 1. The molecule has 0 radical (unpaired) electrons. The monoisotopic (exact) mass is 605 g/mol. The number of rotatable bonds is 12. The molecule has 1 atom stereocenters. The molecule has 3 aromatic carbocycles. The van der Waals surface area contributed by atoms with Crippen molar-refractivity contribution >= 4 is 50.7 Å². The Balaban J connectivity index is 2.06. The van der Waals surface area contributed by atoms with E-state index < -0.39 is 34.4 Å². The minimum Gasteiger partial charge on any atom is -0.494 e. The van der Waals surface area contributed by atoms with Crippen LogP contribution in [0.5, 0.6) is 5.75 Å². The van der Waals surface area contributed by atoms with Gasteiger partial charge in [-0.2, -0.15) is 0 Å². The summed E-state index contributed by atoms with van der Waals surface area (Å²) in [4.78, 5) is 28.3. The zero-order valence-corrected chi connectivity index (χ0v) is 25.1. The van der Waals surface area contributed by atoms with Gasteiger partial charge in [-0.3, -0.25) is 13.9 Å². The first-order chi connectivity index (χ1) is 18.9. The number of hydrogen-bond acceptors (Lipinski definition) is 5. The predicted molar refractivity (Wildman–Crippen MR) is 158 cm³/mol. The smallest absolute Gasteiger partial charge is 0.264 e. The summed E-state index contributed by atoms with van der Waals surface area (Å²) in [6.45, 7) is 6.80. The van der Waals surface area contributed by atoms with Crippen LogP contribution in [-0.4, -0.2) is 50.4 Å². The fourth-order valence-electron chi connectivity index (χ4n) is 3.97. The predicted octanol–water partition coefficient (Wildman–Crippen LogP) is 5.53. The van der Waals surface area contributed by atoms with E-state index in [0.29, 0.717) is 28.0 Å². The van der Waals surface area contributed by atoms with Crippen LogP contribution in [0.25, 0.3) is 0 Å². The van der Waals surface area contributed by atoms with E-state index in [1.165, 1.54) is 17.0 Å². The van der Waals surface area contributed by atoms with Gasteiger partial charge in [0.25, 0.3) is 10.0 Å². The molecule has 0 aliphatic heterocycles. The van der Waals surface area contributed by atoms with Gasteiger partial charge in [-0.15, -0.1) is 0 Å². The van der Waals surface area contributed by atoms with Gasteiger partial charge in [-0.05, 0) is 76.2 Å². The van der Waals surface area contributed by atoms with Crippen molar-refractivity contribution in [2.75, 3.05) is 17.5 Å². The van der Waals surface area contributed by atoms with Gasteiger partial charge >= 0.3 is 0 Å². The van der Waals surface area contributed by atoms with Crippen LogP contribution in [-0.2, 0) is 26.2 Å². The average molecular weight is 607 g/mol. The molecule has 0 aromatic heterocycles. The van der Waals surface area contributed by atoms with Gasteiger partial charge in [-0.1, -0.05) is 47.5 Å². The number of carbonyl (C=O) groups is 2. The number of ether oxygens (including phenoxy) is 1. The van der Waals surface area contributed by atoms with Crippen LogP contribution in [0.15, 0.2) is 77.7 Å². The Morgan fingerprint density at radius 1 is 0.900 bits per heavy atom. The van der Waals surface area contributed by atoms with Gasteiger partial charge in [0.2, 0.25) is 11.8 Å². The molecular formula is C29H33Cl2N3O5S. The van der Waals surface area contributed by atoms with Gasteiger partial charge in [0, 0.05) is 28.2 Å². The second-order valence-corrected chi connectivity index (χ2v) is 12.0. The van der Waals surface area contributed by atoms with Crippen LogP contribution in [0, 0.1) is 0 Å². The first-order valence-corrected chi connectivity index (χ1v) is 15.0. The van der Waals surface area contributed by atoms with Crippen LogP contribution in [0.3, 0.4) is 0 Å². The number of carbonyl (C=O) groups excluding carboxylic acids is 2. The summed E-state index contributed by atoms with van der Waals surface area (Å²) in [5, 5.41) is 3.45. The Morgan fingerprint density at radius 2 is 1.50 bits per heavy atom. The molecule has 0 aliphatic carbocycles. The van der Waals surface area contributed by atoms with Crippen molar-refractivity contribution in [3.63, 3.8) is 0 Å². The van der Waals surface area contributed by atoms with Crippen molar-refractivity contribution in [3.8, 4) is 5.75 Å². The second kappa shape index (κ2) is 13.9. The molecule has 40 heavy (non-hydrogen) atoms. The Bertz CT molecular complexity index is 1400. The summed E-state index contributed by atoms with van der Waals surface area (Å²) in [6, 6.07) is 18.1. The number of anilines is 1. The number of hydrogen-bond donors (Lipinski definition) is 1. The highest BCUT2D eigenvalue weighted by molar-refractivity contribution is 7.92. The lowest BCUT2D eigenvalue weighted by molar-refractivity contribution is -0.139. The minimum atomic E-state index is -4.17. The lowest BCUT2D eigenvalue weighted by Gasteiger charge is -2.32. The summed E-state index contributed by atoms with van der Waals surface area (Å²) in [7, 11) is -4.17. The van der Waals surface area contributed by atoms with Crippen LogP contribution in [0.4, 0.5) is 5.69 Å². The van der Waals surface area contributed by atoms with Crippen molar-refractivity contribution in [2.24, 2.45) is 0 Å². The maximum Gasteiger partial charge on any atom is 0.264 e. The van der Waals surface area contributed by atoms with E-state index >= 15 is 0 Å². The SMILES string of the molecule is CCOc1ccc(N(CC(=O)N(Cc2c(Cl)cccc2Cl)[C@H](C)C(=O)NC(C)C)S(=O)(=O)c2ccccc2)cc1. The van der Waals surface area contributed by atoms with Gasteiger partial charge in [0.1, 0.15) is 18.3 Å². The molecule has 3 aromatic rings. The molecule has 0 fully saturated rings. The fraction of sp³-hybridized carbons (Fsp3) is 0.310. The van der Waals surface area contributed by atoms with Crippen molar-refractivity contribution < 1.29 is 22.7 Å². The third-order valence-electron chi connectivity index (χ3n) is 6.03. The second-order valence-electron chi connectivity index (χ2n) is 9.31. The quantitative estimate of drug-likeness (QED) is 0.293. The van der Waals surface area contributed by atoms with Gasteiger partial charge in [-0.25, -0.2) is 8.42 Å². The van der Waals surface area contributed by atoms with E-state index in [4.69, 9.17) is 27.9 Å². The Kier molecular flexibility index (Phi) is 10.8. The standard InChI is InChI=1S/C29H33Cl2N3O5S/c1-5-39-23-16-14-22(15-17-23)34(40(37,38)24-10-7-6-8-11-24)19-28(35)33(21(4)29(36)32-20(2)3)18-25-26(30)12-9-13-27(25)31/h6-17,20-21H,5,18-19H2,1-4H3,(H,32,36)/t21-/m1/s1. The van der Waals surface area contributed by atoms with E-state index in [-0.39, 0.29) is 23.2 Å². The summed E-state index contributed by atoms with van der Waals surface area (Å²) in [6.07, 6.45) is 0. The average Bonchev–Trinajstić information content (AvgIpc) is 2.92. The third kappa shape index (κ3) is 7.68. The number of benzene rings is 3. The van der Waals surface area contributed by atoms with Crippen LogP contribution >= 0.6 is 23.2 Å². The Hall–Kier alpha value is -3.27. The molecule has 0 aliphatic rings. The third-order valence-corrected chi connectivity index (χ3v) is 8.53. The Labute approximate surface area is 245 Å². The van der Waals surface area contributed by atoms with E-state index in [9.17, 15) is 18.0 Å². The molecule has 0 unspecified atom stereocenters. The molecule has 8 nitrogen and oxygen atoms in total. The number of sulfonamides is 1. The fourth-order valence-corrected chi connectivity index (χ4v) is 5.92. The van der Waals surface area contributed by atoms with Gasteiger partial charge in [0.05, 0.1) is 17.2 Å². The zero-order valence-electron chi connectivity index (χ0n) is 22.8. The van der Waals surface area contributed by atoms with Crippen molar-refractivity contribution in [2.45, 2.75) is 51.2 Å². The maximum absolute atomic E-state index is 14.0. The molecule has 0 saturated heterocycles. The number of amides is 2. The molecule has 11 heteroatoms. The van der Waals surface area contributed by atoms with Crippen molar-refractivity contribution in [1.29, 1.82) is 0 Å². The van der Waals surface area contributed by atoms with Crippen molar-refractivity contribution in [1.82, 2.24) is 10.2 Å². The summed E-state index contributed by atoms with van der Waals surface area (Å²) >= 11 is 12.8. The molecule has 0 spiro atoms. The highest BCUT2D eigenvalue weighted by Crippen LogP contribution is 2.29. The molecular weight excluding hydrogens is 573 g/mol. The number of nitrogens with zero attached hydrogens (tertiary/aromatic N) is 2. The molecule has 0 saturated carbocycles. The molecule has 214 valence electrons. The van der Waals surface area contributed by atoms with E-state index in [0.717, 1.165) is 4.31 Å². The maximum atomic E-state index is 14.0. The topological polar surface area (TPSA) is 96.0 Å². The highest BCUT2D eigenvalue weighted by Gasteiger charge is 2.33. The lowest BCUT2D eigenvalue weighted by Crippen LogP contribution is -2.52. The van der Waals surface area contributed by atoms with E-state index in [1.807, 2.05) is 20.8 Å². The van der Waals surface area contributed by atoms with Crippen molar-refractivity contribution in [3.05, 3.63) is 88.4 Å². The first kappa shape index (κ1) is 31.3. The van der Waals surface area contributed by atoms with E-state index in [2.05, 4.69) is 5.32 Å². The first-order valence-electron chi connectivity index (χ1n) is 12.8. The minimum absolute atomic E-state index is 0.0167. The molecule has 0 heterocycles. The van der Waals surface area contributed by atoms with Gasteiger partial charge in [0.15, 0.2) is 0 Å². The van der Waals surface area contributed by atoms with Crippen LogP contribution in [0.2, 0.25) is 10.0 Å². The highest BCUT2D eigenvalue weighted by atomic mass is 35.5. The summed E-state index contributed by atoms with van der Waals surface area (Å²) in [5.41, 5.74) is 0.706. The van der Waals surface area contributed by atoms with Crippen LogP contribution in [0.1, 0.15) is 33.3 Å².